The lowest BCUT2D eigenvalue weighted by molar-refractivity contribution is -0.144. The van der Waals surface area contributed by atoms with Crippen LogP contribution in [0, 0.1) is 5.92 Å². The fourth-order valence-electron chi connectivity index (χ4n) is 2.81. The predicted molar refractivity (Wildman–Crippen MR) is 77.9 cm³/mol. The highest BCUT2D eigenvalue weighted by molar-refractivity contribution is 5.77. The fourth-order valence-corrected chi connectivity index (χ4v) is 2.81. The number of nitrogens with zero attached hydrogens (tertiary/aromatic N) is 1. The zero-order chi connectivity index (χ0) is 14.3. The molecule has 1 saturated carbocycles. The topological polar surface area (TPSA) is 55.6 Å². The molecule has 0 saturated heterocycles. The van der Waals surface area contributed by atoms with Crippen LogP contribution in [0.4, 0.5) is 0 Å². The normalized spacial score (nSPS) is 27.3. The summed E-state index contributed by atoms with van der Waals surface area (Å²) < 4.78 is 5.91. The summed E-state index contributed by atoms with van der Waals surface area (Å²) in [7, 11) is 1.80. The Hall–Kier alpha value is -0.610. The summed E-state index contributed by atoms with van der Waals surface area (Å²) in [6.45, 7) is 5.61. The number of ether oxygens (including phenoxy) is 1. The van der Waals surface area contributed by atoms with Crippen LogP contribution in [-0.2, 0) is 9.53 Å². The third-order valence-corrected chi connectivity index (χ3v) is 4.49. The summed E-state index contributed by atoms with van der Waals surface area (Å²) in [5.74, 6) is 0.869. The average Bonchev–Trinajstić information content (AvgIpc) is 2.46. The van der Waals surface area contributed by atoms with Crippen LogP contribution in [0.2, 0.25) is 0 Å². The van der Waals surface area contributed by atoms with Gasteiger partial charge in [-0.15, -0.1) is 0 Å². The summed E-state index contributed by atoms with van der Waals surface area (Å²) in [5, 5.41) is 0. The second kappa shape index (κ2) is 7.85. The largest absolute Gasteiger partial charge is 0.364 e. The van der Waals surface area contributed by atoms with Crippen molar-refractivity contribution < 1.29 is 9.53 Å². The first kappa shape index (κ1) is 16.4. The lowest BCUT2D eigenvalue weighted by atomic mass is 9.77. The van der Waals surface area contributed by atoms with Crippen molar-refractivity contribution >= 4 is 5.91 Å². The zero-order valence-corrected chi connectivity index (χ0v) is 12.8. The first-order chi connectivity index (χ1) is 9.06. The van der Waals surface area contributed by atoms with E-state index < -0.39 is 0 Å². The van der Waals surface area contributed by atoms with E-state index in [0.717, 1.165) is 25.3 Å². The Bertz CT molecular complexity index is 273. The number of amides is 1. The fraction of sp³-hybridized carbons (Fsp3) is 0.933. The minimum absolute atomic E-state index is 0.0472. The molecule has 0 unspecified atom stereocenters. The number of rotatable bonds is 7. The van der Waals surface area contributed by atoms with Crippen LogP contribution in [0.1, 0.15) is 52.4 Å². The first-order valence-electron chi connectivity index (χ1n) is 7.65. The van der Waals surface area contributed by atoms with Gasteiger partial charge in [-0.05, 0) is 38.5 Å². The molecule has 19 heavy (non-hydrogen) atoms. The van der Waals surface area contributed by atoms with Crippen LogP contribution < -0.4 is 5.73 Å². The quantitative estimate of drug-likeness (QED) is 0.771. The lowest BCUT2D eigenvalue weighted by Gasteiger charge is -2.39. The van der Waals surface area contributed by atoms with Gasteiger partial charge < -0.3 is 15.4 Å². The van der Waals surface area contributed by atoms with Gasteiger partial charge in [-0.3, -0.25) is 4.79 Å². The van der Waals surface area contributed by atoms with Gasteiger partial charge in [-0.1, -0.05) is 19.8 Å². The van der Waals surface area contributed by atoms with E-state index in [1.165, 1.54) is 25.7 Å². The number of hydrogen-bond acceptors (Lipinski definition) is 3. The number of likely N-dealkylation sites (N-methyl/N-ethyl adjacent to an activating group) is 1. The van der Waals surface area contributed by atoms with Gasteiger partial charge in [0.05, 0.1) is 5.60 Å². The highest BCUT2D eigenvalue weighted by Gasteiger charge is 2.35. The van der Waals surface area contributed by atoms with Crippen molar-refractivity contribution in [2.45, 2.75) is 58.0 Å². The Labute approximate surface area is 117 Å². The van der Waals surface area contributed by atoms with E-state index >= 15 is 0 Å². The second-order valence-corrected chi connectivity index (χ2v) is 5.82. The third-order valence-electron chi connectivity index (χ3n) is 4.49. The number of carbonyl (C=O) groups excluding carboxylic acids is 1. The summed E-state index contributed by atoms with van der Waals surface area (Å²) >= 11 is 0. The molecule has 0 aliphatic heterocycles. The molecule has 0 radical (unpaired) electrons. The third kappa shape index (κ3) is 4.77. The molecule has 0 aromatic rings. The van der Waals surface area contributed by atoms with Gasteiger partial charge in [-0.25, -0.2) is 0 Å². The van der Waals surface area contributed by atoms with Gasteiger partial charge in [0, 0.05) is 20.1 Å². The van der Waals surface area contributed by atoms with E-state index in [1.54, 1.807) is 11.9 Å². The first-order valence-corrected chi connectivity index (χ1v) is 7.65. The van der Waals surface area contributed by atoms with E-state index in [0.29, 0.717) is 6.54 Å². The average molecular weight is 270 g/mol. The molecule has 1 amide bonds. The van der Waals surface area contributed by atoms with Gasteiger partial charge >= 0.3 is 0 Å². The molecule has 1 fully saturated rings. The summed E-state index contributed by atoms with van der Waals surface area (Å²) in [6, 6.07) is 0. The van der Waals surface area contributed by atoms with Crippen molar-refractivity contribution in [2.24, 2.45) is 11.7 Å². The summed E-state index contributed by atoms with van der Waals surface area (Å²) in [5.41, 5.74) is 5.65. The van der Waals surface area contributed by atoms with Gasteiger partial charge in [0.15, 0.2) is 0 Å². The van der Waals surface area contributed by atoms with Crippen molar-refractivity contribution in [3.05, 3.63) is 0 Å². The van der Waals surface area contributed by atoms with E-state index in [2.05, 4.69) is 6.92 Å². The molecule has 1 rings (SSSR count). The Morgan fingerprint density at radius 3 is 2.47 bits per heavy atom. The Morgan fingerprint density at radius 1 is 1.37 bits per heavy atom. The van der Waals surface area contributed by atoms with Crippen LogP contribution in [0.25, 0.3) is 0 Å². The Balaban J connectivity index is 2.43. The van der Waals surface area contributed by atoms with E-state index in [9.17, 15) is 4.79 Å². The standard InChI is InChI=1S/C15H30N2O2/c1-4-6-13-7-9-15(12-16,10-8-13)19-11-14(18)17(3)5-2/h13H,4-12,16H2,1-3H3. The number of carbonyl (C=O) groups is 1. The summed E-state index contributed by atoms with van der Waals surface area (Å²) in [6.07, 6.45) is 6.92. The Morgan fingerprint density at radius 2 is 2.00 bits per heavy atom. The number of nitrogens with two attached hydrogens (primary N) is 1. The maximum atomic E-state index is 11.8. The van der Waals surface area contributed by atoms with Gasteiger partial charge in [0.2, 0.25) is 5.91 Å². The maximum Gasteiger partial charge on any atom is 0.248 e. The molecule has 0 heterocycles. The van der Waals surface area contributed by atoms with Gasteiger partial charge in [-0.2, -0.15) is 0 Å². The molecule has 1 aliphatic rings. The molecular formula is C15H30N2O2. The highest BCUT2D eigenvalue weighted by atomic mass is 16.5. The molecule has 4 nitrogen and oxygen atoms in total. The Kier molecular flexibility index (Phi) is 6.80. The summed E-state index contributed by atoms with van der Waals surface area (Å²) in [4.78, 5) is 13.5. The molecule has 2 N–H and O–H groups in total. The smallest absolute Gasteiger partial charge is 0.248 e. The minimum Gasteiger partial charge on any atom is -0.364 e. The van der Waals surface area contributed by atoms with Crippen LogP contribution >= 0.6 is 0 Å². The van der Waals surface area contributed by atoms with E-state index in [-0.39, 0.29) is 18.1 Å². The molecule has 0 aromatic carbocycles. The molecular weight excluding hydrogens is 240 g/mol. The molecule has 1 aliphatic carbocycles. The number of hydrogen-bond donors (Lipinski definition) is 1. The van der Waals surface area contributed by atoms with Crippen LogP contribution in [0.3, 0.4) is 0 Å². The lowest BCUT2D eigenvalue weighted by Crippen LogP contribution is -2.46. The van der Waals surface area contributed by atoms with E-state index in [4.69, 9.17) is 10.5 Å². The molecule has 4 heteroatoms. The van der Waals surface area contributed by atoms with Crippen LogP contribution in [0.5, 0.6) is 0 Å². The molecule has 0 atom stereocenters. The van der Waals surface area contributed by atoms with Crippen molar-refractivity contribution in [3.63, 3.8) is 0 Å². The van der Waals surface area contributed by atoms with Crippen LogP contribution in [-0.4, -0.2) is 43.2 Å². The van der Waals surface area contributed by atoms with Gasteiger partial charge in [0.1, 0.15) is 6.61 Å². The van der Waals surface area contributed by atoms with Crippen molar-refractivity contribution in [1.82, 2.24) is 4.90 Å². The van der Waals surface area contributed by atoms with Crippen LogP contribution in [0.15, 0.2) is 0 Å². The maximum absolute atomic E-state index is 11.8. The molecule has 112 valence electrons. The molecule has 0 spiro atoms. The SMILES string of the molecule is CCCC1CCC(CN)(OCC(=O)N(C)CC)CC1. The zero-order valence-electron chi connectivity index (χ0n) is 12.8. The predicted octanol–water partition coefficient (Wildman–Crippen LogP) is 2.17. The molecule has 0 aromatic heterocycles. The highest BCUT2D eigenvalue weighted by Crippen LogP contribution is 2.36. The monoisotopic (exact) mass is 270 g/mol. The van der Waals surface area contributed by atoms with Crippen molar-refractivity contribution in [1.29, 1.82) is 0 Å². The minimum atomic E-state index is -0.255. The van der Waals surface area contributed by atoms with Crippen molar-refractivity contribution in [2.75, 3.05) is 26.7 Å². The molecule has 0 bridgehead atoms. The van der Waals surface area contributed by atoms with E-state index in [1.807, 2.05) is 6.92 Å². The van der Waals surface area contributed by atoms with Gasteiger partial charge in [0.25, 0.3) is 0 Å². The van der Waals surface area contributed by atoms with Crippen molar-refractivity contribution in [3.8, 4) is 0 Å². The second-order valence-electron chi connectivity index (χ2n) is 5.82.